The number of thioether (sulfide) groups is 1. The molecule has 122 valence electrons. The van der Waals surface area contributed by atoms with Gasteiger partial charge in [0.05, 0.1) is 18.9 Å². The van der Waals surface area contributed by atoms with Crippen LogP contribution in [-0.4, -0.2) is 14.8 Å². The lowest BCUT2D eigenvalue weighted by atomic mass is 10.0. The summed E-state index contributed by atoms with van der Waals surface area (Å²) in [6.45, 7) is -0.105. The lowest BCUT2D eigenvalue weighted by molar-refractivity contribution is 0.261. The molecule has 0 saturated carbocycles. The molecule has 0 bridgehead atoms. The van der Waals surface area contributed by atoms with Crippen molar-refractivity contribution in [2.75, 3.05) is 0 Å². The monoisotopic (exact) mass is 337 g/mol. The third-order valence-electron chi connectivity index (χ3n) is 4.59. The number of hydrogen-bond donors (Lipinski definition) is 2. The maximum Gasteiger partial charge on any atom is 0.105 e. The molecule has 0 aliphatic carbocycles. The Morgan fingerprint density at radius 2 is 1.50 bits per heavy atom. The van der Waals surface area contributed by atoms with E-state index in [0.717, 1.165) is 33.8 Å². The third-order valence-corrected chi connectivity index (χ3v) is 5.83. The first kappa shape index (κ1) is 15.5. The fourth-order valence-electron chi connectivity index (χ4n) is 3.52. The second kappa shape index (κ2) is 6.48. The number of aliphatic hydroxyl groups is 2. The summed E-state index contributed by atoms with van der Waals surface area (Å²) in [5.74, 6) is 0.843. The number of aliphatic hydroxyl groups excluding tert-OH is 2. The van der Waals surface area contributed by atoms with Crippen molar-refractivity contribution >= 4 is 11.8 Å². The van der Waals surface area contributed by atoms with Gasteiger partial charge < -0.3 is 14.8 Å². The summed E-state index contributed by atoms with van der Waals surface area (Å²) in [6, 6.07) is 20.5. The van der Waals surface area contributed by atoms with Crippen LogP contribution in [0.3, 0.4) is 0 Å². The molecule has 0 unspecified atom stereocenters. The molecule has 1 aliphatic heterocycles. The predicted octanol–water partition coefficient (Wildman–Crippen LogP) is 3.93. The number of hydrogen-bond acceptors (Lipinski definition) is 3. The molecule has 2 heterocycles. The summed E-state index contributed by atoms with van der Waals surface area (Å²) in [7, 11) is 0. The fourth-order valence-corrected chi connectivity index (χ4v) is 4.88. The van der Waals surface area contributed by atoms with Crippen LogP contribution >= 0.6 is 11.8 Å². The van der Waals surface area contributed by atoms with Crippen LogP contribution in [0, 0.1) is 0 Å². The molecular weight excluding hydrogens is 318 g/mol. The van der Waals surface area contributed by atoms with Gasteiger partial charge in [0.1, 0.15) is 5.37 Å². The molecule has 0 saturated heterocycles. The van der Waals surface area contributed by atoms with Crippen LogP contribution in [0.1, 0.15) is 27.8 Å². The molecule has 1 aliphatic rings. The van der Waals surface area contributed by atoms with Crippen molar-refractivity contribution in [2.24, 2.45) is 0 Å². The molecule has 0 fully saturated rings. The average Bonchev–Trinajstić information content (AvgIpc) is 3.20. The van der Waals surface area contributed by atoms with E-state index in [0.29, 0.717) is 0 Å². The maximum absolute atomic E-state index is 9.97. The van der Waals surface area contributed by atoms with Gasteiger partial charge in [-0.25, -0.2) is 0 Å². The fraction of sp³-hybridized carbons (Fsp3) is 0.200. The highest BCUT2D eigenvalue weighted by Gasteiger charge is 2.32. The highest BCUT2D eigenvalue weighted by atomic mass is 32.2. The molecule has 3 aromatic rings. The van der Waals surface area contributed by atoms with E-state index >= 15 is 0 Å². The number of fused-ring (bicyclic) bond motifs is 1. The highest BCUT2D eigenvalue weighted by molar-refractivity contribution is 7.99. The van der Waals surface area contributed by atoms with Crippen LogP contribution in [0.5, 0.6) is 0 Å². The lowest BCUT2D eigenvalue weighted by Gasteiger charge is -2.18. The molecule has 0 radical (unpaired) electrons. The topological polar surface area (TPSA) is 45.4 Å². The minimum absolute atomic E-state index is 0.0415. The third kappa shape index (κ3) is 2.38. The van der Waals surface area contributed by atoms with Crippen LogP contribution in [0.2, 0.25) is 0 Å². The Labute approximate surface area is 145 Å². The minimum atomic E-state index is -0.0632. The first-order chi connectivity index (χ1) is 11.8. The van der Waals surface area contributed by atoms with E-state index in [9.17, 15) is 10.2 Å². The Bertz CT molecular complexity index is 843. The normalized spacial score (nSPS) is 16.3. The van der Waals surface area contributed by atoms with Gasteiger partial charge in [-0.15, -0.1) is 11.8 Å². The second-order valence-electron chi connectivity index (χ2n) is 5.88. The van der Waals surface area contributed by atoms with Crippen molar-refractivity contribution in [3.05, 3.63) is 83.0 Å². The first-order valence-corrected chi connectivity index (χ1v) is 9.08. The Hall–Kier alpha value is -2.01. The minimum Gasteiger partial charge on any atom is -0.392 e. The number of benzene rings is 2. The van der Waals surface area contributed by atoms with Gasteiger partial charge >= 0.3 is 0 Å². The van der Waals surface area contributed by atoms with E-state index in [1.165, 1.54) is 5.56 Å². The molecule has 4 heteroatoms. The molecule has 1 aromatic heterocycles. The van der Waals surface area contributed by atoms with E-state index in [1.807, 2.05) is 36.0 Å². The van der Waals surface area contributed by atoms with Gasteiger partial charge in [-0.3, -0.25) is 0 Å². The predicted molar refractivity (Wildman–Crippen MR) is 97.6 cm³/mol. The average molecular weight is 337 g/mol. The van der Waals surface area contributed by atoms with Crippen molar-refractivity contribution in [1.82, 2.24) is 4.57 Å². The first-order valence-electron chi connectivity index (χ1n) is 8.03. The summed E-state index contributed by atoms with van der Waals surface area (Å²) in [4.78, 5) is 0. The van der Waals surface area contributed by atoms with Gasteiger partial charge in [-0.05, 0) is 11.1 Å². The molecule has 0 amide bonds. The highest BCUT2D eigenvalue weighted by Crippen LogP contribution is 2.48. The molecule has 1 atom stereocenters. The summed E-state index contributed by atoms with van der Waals surface area (Å²) in [6.07, 6.45) is 0. The van der Waals surface area contributed by atoms with Crippen molar-refractivity contribution in [1.29, 1.82) is 0 Å². The molecular formula is C20H19NO2S. The molecule has 0 spiro atoms. The number of rotatable bonds is 4. The largest absolute Gasteiger partial charge is 0.392 e. The second-order valence-corrected chi connectivity index (χ2v) is 6.95. The zero-order valence-corrected chi connectivity index (χ0v) is 14.0. The van der Waals surface area contributed by atoms with Crippen molar-refractivity contribution < 1.29 is 10.2 Å². The van der Waals surface area contributed by atoms with Crippen molar-refractivity contribution in [3.63, 3.8) is 0 Å². The summed E-state index contributed by atoms with van der Waals surface area (Å²) < 4.78 is 2.30. The van der Waals surface area contributed by atoms with E-state index < -0.39 is 0 Å². The zero-order chi connectivity index (χ0) is 16.5. The number of nitrogens with zero attached hydrogens (tertiary/aromatic N) is 1. The Morgan fingerprint density at radius 1 is 0.875 bits per heavy atom. The van der Waals surface area contributed by atoms with Gasteiger partial charge in [0.25, 0.3) is 0 Å². The summed E-state index contributed by atoms with van der Waals surface area (Å²) in [5.41, 5.74) is 6.19. The van der Waals surface area contributed by atoms with Gasteiger partial charge in [-0.2, -0.15) is 0 Å². The van der Waals surface area contributed by atoms with Gasteiger partial charge in [-0.1, -0.05) is 60.7 Å². The van der Waals surface area contributed by atoms with Crippen LogP contribution in [0.4, 0.5) is 0 Å². The van der Waals surface area contributed by atoms with Crippen LogP contribution < -0.4 is 0 Å². The molecule has 2 aromatic carbocycles. The van der Waals surface area contributed by atoms with E-state index in [2.05, 4.69) is 41.0 Å². The standard InChI is InChI=1S/C20H19NO2S/c22-11-16-17(12-23)19(14-7-3-1-4-8-14)21-18(16)13-24-20(21)15-9-5-2-6-10-15/h1-10,20,22-23H,11-13H2/t20-/m1/s1. The van der Waals surface area contributed by atoms with E-state index in [4.69, 9.17) is 0 Å². The van der Waals surface area contributed by atoms with Crippen LogP contribution in [0.15, 0.2) is 60.7 Å². The van der Waals surface area contributed by atoms with Crippen LogP contribution in [-0.2, 0) is 19.0 Å². The van der Waals surface area contributed by atoms with Crippen molar-refractivity contribution in [2.45, 2.75) is 24.3 Å². The van der Waals surface area contributed by atoms with Crippen LogP contribution in [0.25, 0.3) is 11.3 Å². The Kier molecular flexibility index (Phi) is 4.19. The van der Waals surface area contributed by atoms with E-state index in [1.54, 1.807) is 0 Å². The Balaban J connectivity index is 1.97. The van der Waals surface area contributed by atoms with E-state index in [-0.39, 0.29) is 18.6 Å². The number of aromatic nitrogens is 1. The van der Waals surface area contributed by atoms with Gasteiger partial charge in [0.2, 0.25) is 0 Å². The smallest absolute Gasteiger partial charge is 0.105 e. The summed E-state index contributed by atoms with van der Waals surface area (Å²) in [5, 5.41) is 20.0. The molecule has 4 rings (SSSR count). The van der Waals surface area contributed by atoms with Crippen molar-refractivity contribution in [3.8, 4) is 11.3 Å². The maximum atomic E-state index is 9.97. The zero-order valence-electron chi connectivity index (χ0n) is 13.2. The molecule has 24 heavy (non-hydrogen) atoms. The quantitative estimate of drug-likeness (QED) is 0.758. The molecule has 2 N–H and O–H groups in total. The lowest BCUT2D eigenvalue weighted by Crippen LogP contribution is -2.06. The summed E-state index contributed by atoms with van der Waals surface area (Å²) >= 11 is 1.86. The SMILES string of the molecule is OCc1c(CO)c(-c2ccccc2)n2c1CS[C@@H]2c1ccccc1. The van der Waals surface area contributed by atoms with Gasteiger partial charge in [0, 0.05) is 22.6 Å². The Morgan fingerprint density at radius 3 is 2.12 bits per heavy atom. The molecule has 3 nitrogen and oxygen atoms in total. The van der Waals surface area contributed by atoms with Gasteiger partial charge in [0.15, 0.2) is 0 Å².